The summed E-state index contributed by atoms with van der Waals surface area (Å²) in [7, 11) is -3.70. The topological polar surface area (TPSA) is 100 Å². The van der Waals surface area contributed by atoms with Gasteiger partial charge in [0.05, 0.1) is 15.1 Å². The second-order valence-corrected chi connectivity index (χ2v) is 9.20. The molecule has 0 saturated carbocycles. The molecule has 0 bridgehead atoms. The fourth-order valence-electron chi connectivity index (χ4n) is 2.58. The number of rotatable bonds is 6. The van der Waals surface area contributed by atoms with Gasteiger partial charge in [-0.3, -0.25) is 4.72 Å². The van der Waals surface area contributed by atoms with Crippen LogP contribution in [0.5, 0.6) is 0 Å². The van der Waals surface area contributed by atoms with Crippen molar-refractivity contribution in [2.24, 2.45) is 0 Å². The van der Waals surface area contributed by atoms with Crippen LogP contribution < -0.4 is 15.4 Å². The van der Waals surface area contributed by atoms with Crippen LogP contribution in [0.15, 0.2) is 47.4 Å². The van der Waals surface area contributed by atoms with Crippen molar-refractivity contribution >= 4 is 48.4 Å². The van der Waals surface area contributed by atoms with E-state index in [2.05, 4.69) is 20.3 Å². The molecule has 1 aromatic heterocycles. The van der Waals surface area contributed by atoms with E-state index in [9.17, 15) is 13.2 Å². The molecule has 2 amide bonds. The Morgan fingerprint density at radius 1 is 1.21 bits per heavy atom. The monoisotopic (exact) mass is 418 g/mol. The van der Waals surface area contributed by atoms with Gasteiger partial charge in [-0.05, 0) is 50.1 Å². The number of nitrogens with zero attached hydrogens (tertiary/aromatic N) is 1. The molecule has 9 heteroatoms. The van der Waals surface area contributed by atoms with Crippen LogP contribution in [0.2, 0.25) is 0 Å². The van der Waals surface area contributed by atoms with Gasteiger partial charge in [0.1, 0.15) is 0 Å². The molecule has 1 atom stereocenters. The molecule has 3 N–H and O–H groups in total. The van der Waals surface area contributed by atoms with Crippen LogP contribution in [0.3, 0.4) is 0 Å². The lowest BCUT2D eigenvalue weighted by Gasteiger charge is -2.12. The number of benzene rings is 2. The quantitative estimate of drug-likeness (QED) is 0.555. The Bertz CT molecular complexity index is 1100. The van der Waals surface area contributed by atoms with Crippen LogP contribution in [0, 0.1) is 6.92 Å². The predicted octanol–water partition coefficient (Wildman–Crippen LogP) is 4.33. The maximum absolute atomic E-state index is 12.5. The Labute approximate surface area is 168 Å². The minimum Gasteiger partial charge on any atom is -0.335 e. The van der Waals surface area contributed by atoms with E-state index < -0.39 is 10.0 Å². The first-order valence-corrected chi connectivity index (χ1v) is 11.1. The van der Waals surface area contributed by atoms with Crippen molar-refractivity contribution in [1.82, 2.24) is 10.3 Å². The highest BCUT2D eigenvalue weighted by Crippen LogP contribution is 2.32. The zero-order valence-electron chi connectivity index (χ0n) is 15.8. The lowest BCUT2D eigenvalue weighted by molar-refractivity contribution is 0.249. The number of hydrogen-bond acceptors (Lipinski definition) is 5. The maximum Gasteiger partial charge on any atom is 0.319 e. The second kappa shape index (κ2) is 8.15. The van der Waals surface area contributed by atoms with E-state index in [1.165, 1.54) is 23.5 Å². The molecular weight excluding hydrogens is 396 g/mol. The van der Waals surface area contributed by atoms with Crippen molar-refractivity contribution in [2.45, 2.75) is 38.1 Å². The molecule has 0 spiro atoms. The third-order valence-electron chi connectivity index (χ3n) is 4.21. The average molecular weight is 419 g/mol. The van der Waals surface area contributed by atoms with Crippen LogP contribution in [-0.2, 0) is 10.0 Å². The number of amides is 2. The molecule has 3 rings (SSSR count). The summed E-state index contributed by atoms with van der Waals surface area (Å²) >= 11 is 1.22. The standard InChI is InChI=1S/C19H22N4O3S2/c1-4-13(3)20-18(24)21-14-10-12(2)17-16(11-14)27-19(22-17)23-28(25,26)15-8-6-5-7-9-15/h5-11,13H,4H2,1-3H3,(H,22,23)(H2,20,21,24)/t13-/m1/s1. The van der Waals surface area contributed by atoms with E-state index in [0.29, 0.717) is 11.2 Å². The first kappa shape index (κ1) is 20.1. The SMILES string of the molecule is CC[C@@H](C)NC(=O)Nc1cc(C)c2nc(NS(=O)(=O)c3ccccc3)sc2c1. The molecule has 0 saturated heterocycles. The van der Waals surface area contributed by atoms with Gasteiger partial charge in [0.2, 0.25) is 0 Å². The van der Waals surface area contributed by atoms with E-state index in [1.807, 2.05) is 26.8 Å². The molecule has 0 fully saturated rings. The number of aromatic nitrogens is 1. The summed E-state index contributed by atoms with van der Waals surface area (Å²) in [5.74, 6) is 0. The number of nitrogens with one attached hydrogen (secondary N) is 3. The Morgan fingerprint density at radius 2 is 1.93 bits per heavy atom. The van der Waals surface area contributed by atoms with Crippen molar-refractivity contribution in [3.8, 4) is 0 Å². The van der Waals surface area contributed by atoms with Gasteiger partial charge in [-0.25, -0.2) is 18.2 Å². The summed E-state index contributed by atoms with van der Waals surface area (Å²) in [5.41, 5.74) is 2.17. The Hall–Kier alpha value is -2.65. The van der Waals surface area contributed by atoms with Crippen molar-refractivity contribution in [3.05, 3.63) is 48.0 Å². The Kier molecular flexibility index (Phi) is 5.85. The van der Waals surface area contributed by atoms with Gasteiger partial charge in [-0.15, -0.1) is 0 Å². The number of carbonyl (C=O) groups excluding carboxylic acids is 1. The second-order valence-electron chi connectivity index (χ2n) is 6.49. The Morgan fingerprint density at radius 3 is 2.61 bits per heavy atom. The van der Waals surface area contributed by atoms with Crippen LogP contribution >= 0.6 is 11.3 Å². The van der Waals surface area contributed by atoms with Crippen molar-refractivity contribution in [2.75, 3.05) is 10.0 Å². The minimum absolute atomic E-state index is 0.0761. The van der Waals surface area contributed by atoms with Crippen molar-refractivity contribution in [1.29, 1.82) is 0 Å². The third kappa shape index (κ3) is 4.60. The molecule has 2 aromatic carbocycles. The summed E-state index contributed by atoms with van der Waals surface area (Å²) in [6.07, 6.45) is 0.839. The van der Waals surface area contributed by atoms with Gasteiger partial charge in [0.25, 0.3) is 10.0 Å². The molecule has 7 nitrogen and oxygen atoms in total. The maximum atomic E-state index is 12.5. The fraction of sp³-hybridized carbons (Fsp3) is 0.263. The summed E-state index contributed by atoms with van der Waals surface area (Å²) < 4.78 is 28.3. The minimum atomic E-state index is -3.70. The van der Waals surface area contributed by atoms with E-state index in [0.717, 1.165) is 16.7 Å². The van der Waals surface area contributed by atoms with Crippen molar-refractivity contribution in [3.63, 3.8) is 0 Å². The van der Waals surface area contributed by atoms with Gasteiger partial charge >= 0.3 is 6.03 Å². The molecule has 3 aromatic rings. The normalized spacial score (nSPS) is 12.5. The lowest BCUT2D eigenvalue weighted by atomic mass is 10.2. The van der Waals surface area contributed by atoms with E-state index in [1.54, 1.807) is 24.3 Å². The number of carbonyl (C=O) groups is 1. The van der Waals surface area contributed by atoms with E-state index >= 15 is 0 Å². The largest absolute Gasteiger partial charge is 0.335 e. The molecular formula is C19H22N4O3S2. The number of aryl methyl sites for hydroxylation is 1. The molecule has 0 aliphatic carbocycles. The highest BCUT2D eigenvalue weighted by atomic mass is 32.2. The average Bonchev–Trinajstić information content (AvgIpc) is 3.04. The summed E-state index contributed by atoms with van der Waals surface area (Å²) in [6, 6.07) is 11.5. The molecule has 0 aliphatic rings. The van der Waals surface area contributed by atoms with Gasteiger partial charge in [0.15, 0.2) is 5.13 Å². The molecule has 0 aliphatic heterocycles. The van der Waals surface area contributed by atoms with E-state index in [-0.39, 0.29) is 22.1 Å². The summed E-state index contributed by atoms with van der Waals surface area (Å²) in [5, 5.41) is 5.94. The number of urea groups is 1. The first-order chi connectivity index (χ1) is 13.3. The van der Waals surface area contributed by atoms with Gasteiger partial charge in [-0.1, -0.05) is 36.5 Å². The van der Waals surface area contributed by atoms with Gasteiger partial charge in [0, 0.05) is 11.7 Å². The smallest absolute Gasteiger partial charge is 0.319 e. The lowest BCUT2D eigenvalue weighted by Crippen LogP contribution is -2.35. The predicted molar refractivity (Wildman–Crippen MR) is 114 cm³/mol. The van der Waals surface area contributed by atoms with Gasteiger partial charge < -0.3 is 10.6 Å². The van der Waals surface area contributed by atoms with Crippen LogP contribution in [-0.4, -0.2) is 25.5 Å². The zero-order chi connectivity index (χ0) is 20.3. The number of thiazole rings is 1. The first-order valence-electron chi connectivity index (χ1n) is 8.85. The zero-order valence-corrected chi connectivity index (χ0v) is 17.4. The molecule has 28 heavy (non-hydrogen) atoms. The number of fused-ring (bicyclic) bond motifs is 1. The molecule has 148 valence electrons. The highest BCUT2D eigenvalue weighted by Gasteiger charge is 2.17. The van der Waals surface area contributed by atoms with Crippen molar-refractivity contribution < 1.29 is 13.2 Å². The molecule has 1 heterocycles. The Balaban J connectivity index is 1.84. The third-order valence-corrected chi connectivity index (χ3v) is 6.61. The fourth-order valence-corrected chi connectivity index (χ4v) is 4.82. The van der Waals surface area contributed by atoms with Gasteiger partial charge in [-0.2, -0.15) is 0 Å². The van der Waals surface area contributed by atoms with Crippen LogP contribution in [0.1, 0.15) is 25.8 Å². The van der Waals surface area contributed by atoms with E-state index in [4.69, 9.17) is 0 Å². The highest BCUT2D eigenvalue weighted by molar-refractivity contribution is 7.93. The number of sulfonamides is 1. The summed E-state index contributed by atoms with van der Waals surface area (Å²) in [6.45, 7) is 5.80. The summed E-state index contributed by atoms with van der Waals surface area (Å²) in [4.78, 5) is 16.6. The van der Waals surface area contributed by atoms with Crippen LogP contribution in [0.25, 0.3) is 10.2 Å². The molecule has 0 radical (unpaired) electrons. The number of anilines is 2. The number of hydrogen-bond donors (Lipinski definition) is 3. The van der Waals surface area contributed by atoms with Crippen LogP contribution in [0.4, 0.5) is 15.6 Å². The molecule has 0 unspecified atom stereocenters.